The van der Waals surface area contributed by atoms with E-state index >= 15 is 0 Å². The van der Waals surface area contributed by atoms with Gasteiger partial charge in [0.15, 0.2) is 0 Å². The third-order valence-corrected chi connectivity index (χ3v) is 3.50. The summed E-state index contributed by atoms with van der Waals surface area (Å²) in [6.45, 7) is 4.27. The zero-order valence-electron chi connectivity index (χ0n) is 12.9. The van der Waals surface area contributed by atoms with E-state index in [0.29, 0.717) is 24.4 Å². The minimum absolute atomic E-state index is 0.0262. The number of amides is 1. The Hall–Kier alpha value is -2.84. The SMILES string of the molecule is CCN(CC1(C)Cc2c(N)nc(N)nc2O1)C(=O)/C=C/C(=O)O. The Morgan fingerprint density at radius 3 is 2.70 bits per heavy atom. The summed E-state index contributed by atoms with van der Waals surface area (Å²) in [5.74, 6) is -0.977. The van der Waals surface area contributed by atoms with Gasteiger partial charge in [0.1, 0.15) is 11.4 Å². The highest BCUT2D eigenvalue weighted by molar-refractivity contribution is 5.93. The van der Waals surface area contributed by atoms with Crippen LogP contribution in [0.1, 0.15) is 19.4 Å². The van der Waals surface area contributed by atoms with Gasteiger partial charge in [0.25, 0.3) is 0 Å². The lowest BCUT2D eigenvalue weighted by Gasteiger charge is -2.30. The van der Waals surface area contributed by atoms with Gasteiger partial charge in [-0.25, -0.2) is 4.79 Å². The van der Waals surface area contributed by atoms with Gasteiger partial charge in [-0.1, -0.05) is 0 Å². The third kappa shape index (κ3) is 3.68. The fraction of sp³-hybridized carbons (Fsp3) is 0.429. The molecule has 5 N–H and O–H groups in total. The number of nitrogens with two attached hydrogens (primary N) is 2. The van der Waals surface area contributed by atoms with E-state index in [4.69, 9.17) is 21.3 Å². The zero-order chi connectivity index (χ0) is 17.2. The molecule has 23 heavy (non-hydrogen) atoms. The molecule has 0 bridgehead atoms. The predicted octanol–water partition coefficient (Wildman–Crippen LogP) is -0.176. The minimum Gasteiger partial charge on any atom is -0.478 e. The molecule has 0 spiro atoms. The monoisotopic (exact) mass is 321 g/mol. The summed E-state index contributed by atoms with van der Waals surface area (Å²) in [7, 11) is 0. The number of anilines is 2. The number of hydrogen-bond acceptors (Lipinski definition) is 7. The average molecular weight is 321 g/mol. The predicted molar refractivity (Wildman–Crippen MR) is 82.6 cm³/mol. The number of carboxylic acids is 1. The number of likely N-dealkylation sites (N-methyl/N-ethyl adjacent to an activating group) is 1. The first-order valence-corrected chi connectivity index (χ1v) is 7.05. The maximum absolute atomic E-state index is 12.1. The van der Waals surface area contributed by atoms with Crippen LogP contribution in [0.4, 0.5) is 11.8 Å². The smallest absolute Gasteiger partial charge is 0.328 e. The van der Waals surface area contributed by atoms with Crippen molar-refractivity contribution in [1.82, 2.24) is 14.9 Å². The fourth-order valence-electron chi connectivity index (χ4n) is 2.48. The van der Waals surface area contributed by atoms with Crippen LogP contribution < -0.4 is 16.2 Å². The van der Waals surface area contributed by atoms with Gasteiger partial charge in [0.05, 0.1) is 12.1 Å². The second kappa shape index (κ2) is 6.11. The van der Waals surface area contributed by atoms with Crippen molar-refractivity contribution in [3.05, 3.63) is 17.7 Å². The Balaban J connectivity index is 2.14. The second-order valence-corrected chi connectivity index (χ2v) is 5.50. The lowest BCUT2D eigenvalue weighted by atomic mass is 9.99. The second-order valence-electron chi connectivity index (χ2n) is 5.50. The maximum Gasteiger partial charge on any atom is 0.328 e. The summed E-state index contributed by atoms with van der Waals surface area (Å²) in [5.41, 5.74) is 11.3. The van der Waals surface area contributed by atoms with Crippen LogP contribution in [-0.4, -0.2) is 50.5 Å². The van der Waals surface area contributed by atoms with Crippen LogP contribution in [0.2, 0.25) is 0 Å². The van der Waals surface area contributed by atoms with E-state index < -0.39 is 17.5 Å². The number of fused-ring (bicyclic) bond motifs is 1. The van der Waals surface area contributed by atoms with E-state index in [-0.39, 0.29) is 18.3 Å². The van der Waals surface area contributed by atoms with Crippen LogP contribution in [0.3, 0.4) is 0 Å². The van der Waals surface area contributed by atoms with E-state index in [1.165, 1.54) is 4.90 Å². The summed E-state index contributed by atoms with van der Waals surface area (Å²) in [6, 6.07) is 0. The number of aromatic nitrogens is 2. The van der Waals surface area contributed by atoms with E-state index in [2.05, 4.69) is 9.97 Å². The molecule has 2 heterocycles. The fourth-order valence-corrected chi connectivity index (χ4v) is 2.48. The number of nitrogens with zero attached hydrogens (tertiary/aromatic N) is 3. The van der Waals surface area contributed by atoms with Crippen molar-refractivity contribution < 1.29 is 19.4 Å². The van der Waals surface area contributed by atoms with Crippen LogP contribution in [0.15, 0.2) is 12.2 Å². The number of carbonyl (C=O) groups is 2. The number of carbonyl (C=O) groups excluding carboxylic acids is 1. The number of carboxylic acid groups (broad SMARTS) is 1. The molecule has 1 amide bonds. The molecule has 0 aliphatic carbocycles. The van der Waals surface area contributed by atoms with Crippen molar-refractivity contribution in [2.45, 2.75) is 25.9 Å². The molecule has 1 aromatic rings. The van der Waals surface area contributed by atoms with Crippen molar-refractivity contribution in [3.8, 4) is 5.88 Å². The largest absolute Gasteiger partial charge is 0.478 e. The van der Waals surface area contributed by atoms with Gasteiger partial charge < -0.3 is 26.2 Å². The molecule has 0 saturated carbocycles. The zero-order valence-corrected chi connectivity index (χ0v) is 12.9. The summed E-state index contributed by atoms with van der Waals surface area (Å²) >= 11 is 0. The first-order chi connectivity index (χ1) is 10.7. The summed E-state index contributed by atoms with van der Waals surface area (Å²) < 4.78 is 5.82. The van der Waals surface area contributed by atoms with Crippen LogP contribution >= 0.6 is 0 Å². The van der Waals surface area contributed by atoms with Gasteiger partial charge in [0.2, 0.25) is 17.7 Å². The number of aliphatic carboxylic acids is 1. The van der Waals surface area contributed by atoms with Crippen molar-refractivity contribution in [2.24, 2.45) is 0 Å². The molecule has 124 valence electrons. The highest BCUT2D eigenvalue weighted by atomic mass is 16.5. The lowest BCUT2D eigenvalue weighted by Crippen LogP contribution is -2.46. The number of rotatable bonds is 5. The quantitative estimate of drug-likeness (QED) is 0.633. The highest BCUT2D eigenvalue weighted by Gasteiger charge is 2.39. The molecule has 0 fully saturated rings. The molecule has 1 aromatic heterocycles. The molecular weight excluding hydrogens is 302 g/mol. The van der Waals surface area contributed by atoms with Crippen LogP contribution in [-0.2, 0) is 16.0 Å². The number of hydrogen-bond donors (Lipinski definition) is 3. The summed E-state index contributed by atoms with van der Waals surface area (Å²) in [4.78, 5) is 32.0. The lowest BCUT2D eigenvalue weighted by molar-refractivity contribution is -0.132. The Morgan fingerprint density at radius 2 is 2.09 bits per heavy atom. The average Bonchev–Trinajstić information content (AvgIpc) is 2.79. The standard InChI is InChI=1S/C14H19N5O4/c1-3-19(9(20)4-5-10(21)22)7-14(2)6-8-11(15)17-13(16)18-12(8)23-14/h4-5H,3,6-7H2,1-2H3,(H,21,22)(H4,15,16,17,18)/b5-4+. The van der Waals surface area contributed by atoms with E-state index in [0.717, 1.165) is 12.2 Å². The Morgan fingerprint density at radius 1 is 1.39 bits per heavy atom. The van der Waals surface area contributed by atoms with Gasteiger partial charge in [-0.15, -0.1) is 0 Å². The van der Waals surface area contributed by atoms with Gasteiger partial charge in [-0.3, -0.25) is 4.79 Å². The first kappa shape index (κ1) is 16.5. The van der Waals surface area contributed by atoms with Crippen molar-refractivity contribution in [2.75, 3.05) is 24.6 Å². The molecule has 9 heteroatoms. The third-order valence-electron chi connectivity index (χ3n) is 3.50. The Kier molecular flexibility index (Phi) is 4.39. The summed E-state index contributed by atoms with van der Waals surface area (Å²) in [5, 5.41) is 8.60. The Labute approximate surface area is 132 Å². The van der Waals surface area contributed by atoms with Crippen LogP contribution in [0.5, 0.6) is 5.88 Å². The minimum atomic E-state index is -1.18. The molecule has 0 saturated heterocycles. The van der Waals surface area contributed by atoms with Gasteiger partial charge >= 0.3 is 5.97 Å². The van der Waals surface area contributed by atoms with E-state index in [9.17, 15) is 9.59 Å². The van der Waals surface area contributed by atoms with Crippen LogP contribution in [0.25, 0.3) is 0 Å². The van der Waals surface area contributed by atoms with Gasteiger partial charge in [0, 0.05) is 25.1 Å². The molecular formula is C14H19N5O4. The molecule has 1 aliphatic heterocycles. The maximum atomic E-state index is 12.1. The topological polar surface area (TPSA) is 145 Å². The number of nitrogen functional groups attached to an aromatic ring is 2. The normalized spacial score (nSPS) is 19.4. The van der Waals surface area contributed by atoms with Gasteiger partial charge in [-0.05, 0) is 13.8 Å². The molecule has 0 aromatic carbocycles. The van der Waals surface area contributed by atoms with Gasteiger partial charge in [-0.2, -0.15) is 9.97 Å². The molecule has 1 unspecified atom stereocenters. The van der Waals surface area contributed by atoms with Crippen LogP contribution in [0, 0.1) is 0 Å². The van der Waals surface area contributed by atoms with E-state index in [1.807, 2.05) is 6.92 Å². The Bertz CT molecular complexity index is 675. The number of ether oxygens (including phenoxy) is 1. The van der Waals surface area contributed by atoms with E-state index in [1.54, 1.807) is 6.92 Å². The highest BCUT2D eigenvalue weighted by Crippen LogP contribution is 2.37. The molecule has 2 rings (SSSR count). The molecule has 1 aliphatic rings. The first-order valence-electron chi connectivity index (χ1n) is 7.05. The van der Waals surface area contributed by atoms with Crippen molar-refractivity contribution >= 4 is 23.6 Å². The van der Waals surface area contributed by atoms with Crippen molar-refractivity contribution in [1.29, 1.82) is 0 Å². The molecule has 1 atom stereocenters. The molecule has 0 radical (unpaired) electrons. The van der Waals surface area contributed by atoms with Crippen molar-refractivity contribution in [3.63, 3.8) is 0 Å². The molecule has 9 nitrogen and oxygen atoms in total. The summed E-state index contributed by atoms with van der Waals surface area (Å²) in [6.07, 6.45) is 2.26.